The first-order chi connectivity index (χ1) is 10.5. The minimum Gasteiger partial charge on any atom is -0.618 e. The van der Waals surface area contributed by atoms with Crippen molar-refractivity contribution in [2.75, 3.05) is 18.0 Å². The molecule has 22 heavy (non-hydrogen) atoms. The number of hydrogen-bond donors (Lipinski definition) is 0. The Kier molecular flexibility index (Phi) is 5.69. The summed E-state index contributed by atoms with van der Waals surface area (Å²) < 4.78 is 0.786. The summed E-state index contributed by atoms with van der Waals surface area (Å²) in [6.45, 7) is 6.15. The maximum atomic E-state index is 12.2. The molecule has 0 bridgehead atoms. The number of benzene rings is 2. The summed E-state index contributed by atoms with van der Waals surface area (Å²) >= 11 is 11.8. The maximum Gasteiger partial charge on any atom is 0.218 e. The van der Waals surface area contributed by atoms with Gasteiger partial charge >= 0.3 is 0 Å². The first-order valence-electron chi connectivity index (χ1n) is 7.16. The van der Waals surface area contributed by atoms with E-state index in [1.54, 1.807) is 18.2 Å². The van der Waals surface area contributed by atoms with E-state index in [-0.39, 0.29) is 0 Å². The summed E-state index contributed by atoms with van der Waals surface area (Å²) in [5.41, 5.74) is 2.42. The fraction of sp³-hybridized carbons (Fsp3) is 0.235. The molecule has 0 amide bonds. The van der Waals surface area contributed by atoms with Crippen molar-refractivity contribution in [1.82, 2.24) is 0 Å². The molecule has 0 aliphatic rings. The second-order valence-electron chi connectivity index (χ2n) is 4.82. The Morgan fingerprint density at radius 3 is 2.18 bits per heavy atom. The molecule has 0 aliphatic carbocycles. The van der Waals surface area contributed by atoms with Crippen LogP contribution in [-0.2, 0) is 0 Å². The summed E-state index contributed by atoms with van der Waals surface area (Å²) in [6.07, 6.45) is 1.52. The zero-order chi connectivity index (χ0) is 16.1. The molecule has 0 saturated heterocycles. The Hall–Kier alpha value is -1.71. The molecular weight excluding hydrogens is 319 g/mol. The van der Waals surface area contributed by atoms with Crippen LogP contribution in [0, 0.1) is 5.21 Å². The van der Waals surface area contributed by atoms with E-state index < -0.39 is 0 Å². The highest BCUT2D eigenvalue weighted by molar-refractivity contribution is 6.42. The van der Waals surface area contributed by atoms with Gasteiger partial charge < -0.3 is 10.1 Å². The van der Waals surface area contributed by atoms with Crippen LogP contribution in [0.4, 0.5) is 11.4 Å². The van der Waals surface area contributed by atoms with Crippen LogP contribution in [0.2, 0.25) is 10.0 Å². The molecule has 116 valence electrons. The normalized spacial score (nSPS) is 11.5. The molecule has 0 spiro atoms. The van der Waals surface area contributed by atoms with Crippen LogP contribution < -0.4 is 4.90 Å². The smallest absolute Gasteiger partial charge is 0.218 e. The largest absolute Gasteiger partial charge is 0.618 e. The summed E-state index contributed by atoms with van der Waals surface area (Å²) in [4.78, 5) is 2.25. The van der Waals surface area contributed by atoms with Crippen molar-refractivity contribution in [3.63, 3.8) is 0 Å². The number of anilines is 1. The summed E-state index contributed by atoms with van der Waals surface area (Å²) in [7, 11) is 0. The average Bonchev–Trinajstić information content (AvgIpc) is 2.52. The monoisotopic (exact) mass is 336 g/mol. The number of rotatable bonds is 5. The van der Waals surface area contributed by atoms with Crippen molar-refractivity contribution in [2.24, 2.45) is 0 Å². The van der Waals surface area contributed by atoms with E-state index in [0.717, 1.165) is 29.1 Å². The van der Waals surface area contributed by atoms with Gasteiger partial charge in [0.1, 0.15) is 0 Å². The zero-order valence-electron chi connectivity index (χ0n) is 12.6. The van der Waals surface area contributed by atoms with Gasteiger partial charge in [0.15, 0.2) is 6.21 Å². The van der Waals surface area contributed by atoms with Gasteiger partial charge in [-0.25, -0.2) is 0 Å². The predicted octanol–water partition coefficient (Wildman–Crippen LogP) is 5.10. The Labute approximate surface area is 141 Å². The lowest BCUT2D eigenvalue weighted by molar-refractivity contribution is -0.354. The summed E-state index contributed by atoms with van der Waals surface area (Å²) in [5.74, 6) is 0. The van der Waals surface area contributed by atoms with E-state index in [9.17, 15) is 5.21 Å². The van der Waals surface area contributed by atoms with Gasteiger partial charge in [-0.3, -0.25) is 0 Å². The Balaban J connectivity index is 2.22. The quantitative estimate of drug-likeness (QED) is 0.329. The topological polar surface area (TPSA) is 29.3 Å². The number of halogens is 2. The minimum atomic E-state index is 0.366. The summed E-state index contributed by atoms with van der Waals surface area (Å²) in [6, 6.07) is 12.7. The predicted molar refractivity (Wildman–Crippen MR) is 94.9 cm³/mol. The van der Waals surface area contributed by atoms with Crippen LogP contribution in [0.25, 0.3) is 0 Å². The van der Waals surface area contributed by atoms with E-state index in [0.29, 0.717) is 15.7 Å². The first kappa shape index (κ1) is 16.7. The van der Waals surface area contributed by atoms with Crippen LogP contribution >= 0.6 is 23.2 Å². The van der Waals surface area contributed by atoms with Gasteiger partial charge in [0.2, 0.25) is 5.69 Å². The molecule has 0 aliphatic heterocycles. The van der Waals surface area contributed by atoms with Gasteiger partial charge in [-0.05, 0) is 44.2 Å². The van der Waals surface area contributed by atoms with E-state index in [1.807, 2.05) is 24.3 Å². The zero-order valence-corrected chi connectivity index (χ0v) is 14.1. The lowest BCUT2D eigenvalue weighted by Gasteiger charge is -2.20. The highest BCUT2D eigenvalue weighted by atomic mass is 35.5. The Morgan fingerprint density at radius 1 is 1.00 bits per heavy atom. The van der Waals surface area contributed by atoms with Gasteiger partial charge in [-0.1, -0.05) is 23.2 Å². The maximum absolute atomic E-state index is 12.2. The SMILES string of the molecule is CCN(CC)c1ccc(/C=[N+](/[O-])c2ccc(Cl)c(Cl)c2)cc1. The third-order valence-electron chi connectivity index (χ3n) is 3.45. The fourth-order valence-electron chi connectivity index (χ4n) is 2.19. The minimum absolute atomic E-state index is 0.366. The molecule has 0 aromatic heterocycles. The molecule has 3 nitrogen and oxygen atoms in total. The highest BCUT2D eigenvalue weighted by Gasteiger charge is 2.07. The molecule has 0 N–H and O–H groups in total. The van der Waals surface area contributed by atoms with Crippen molar-refractivity contribution >= 4 is 40.8 Å². The van der Waals surface area contributed by atoms with E-state index in [4.69, 9.17) is 23.2 Å². The second kappa shape index (κ2) is 7.52. The van der Waals surface area contributed by atoms with Gasteiger partial charge in [0.25, 0.3) is 0 Å². The van der Waals surface area contributed by atoms with Gasteiger partial charge in [0, 0.05) is 36.5 Å². The summed E-state index contributed by atoms with van der Waals surface area (Å²) in [5, 5.41) is 13.0. The molecule has 0 radical (unpaired) electrons. The lowest BCUT2D eigenvalue weighted by atomic mass is 10.2. The number of hydrogen-bond acceptors (Lipinski definition) is 2. The molecule has 0 unspecified atom stereocenters. The van der Waals surface area contributed by atoms with E-state index in [1.165, 1.54) is 6.21 Å². The Morgan fingerprint density at radius 2 is 1.64 bits per heavy atom. The molecular formula is C17H18Cl2N2O. The fourth-order valence-corrected chi connectivity index (χ4v) is 2.48. The van der Waals surface area contributed by atoms with Crippen LogP contribution in [0.15, 0.2) is 42.5 Å². The van der Waals surface area contributed by atoms with Crippen molar-refractivity contribution in [1.29, 1.82) is 0 Å². The highest BCUT2D eigenvalue weighted by Crippen LogP contribution is 2.26. The average molecular weight is 337 g/mol. The van der Waals surface area contributed by atoms with Crippen LogP contribution in [0.1, 0.15) is 19.4 Å². The van der Waals surface area contributed by atoms with Crippen molar-refractivity contribution in [3.8, 4) is 0 Å². The van der Waals surface area contributed by atoms with Crippen molar-refractivity contribution < 1.29 is 4.74 Å². The first-order valence-corrected chi connectivity index (χ1v) is 7.92. The van der Waals surface area contributed by atoms with Crippen LogP contribution in [0.3, 0.4) is 0 Å². The molecule has 2 rings (SSSR count). The number of nitrogens with zero attached hydrogens (tertiary/aromatic N) is 2. The van der Waals surface area contributed by atoms with Crippen molar-refractivity contribution in [3.05, 3.63) is 63.3 Å². The molecule has 0 saturated carbocycles. The second-order valence-corrected chi connectivity index (χ2v) is 5.63. The van der Waals surface area contributed by atoms with Gasteiger partial charge in [0.05, 0.1) is 10.0 Å². The van der Waals surface area contributed by atoms with Gasteiger partial charge in [-0.2, -0.15) is 4.74 Å². The van der Waals surface area contributed by atoms with Crippen molar-refractivity contribution in [2.45, 2.75) is 13.8 Å². The molecule has 5 heteroatoms. The van der Waals surface area contributed by atoms with Gasteiger partial charge in [-0.15, -0.1) is 0 Å². The third kappa shape index (κ3) is 3.93. The molecule has 2 aromatic rings. The molecule has 0 fully saturated rings. The van der Waals surface area contributed by atoms with Crippen LogP contribution in [0.5, 0.6) is 0 Å². The lowest BCUT2D eigenvalue weighted by Crippen LogP contribution is -2.21. The molecule has 0 atom stereocenters. The molecule has 0 heterocycles. The van der Waals surface area contributed by atoms with Crippen LogP contribution in [-0.4, -0.2) is 24.0 Å². The third-order valence-corrected chi connectivity index (χ3v) is 4.18. The van der Waals surface area contributed by atoms with E-state index in [2.05, 4.69) is 18.7 Å². The molecule has 2 aromatic carbocycles. The van der Waals surface area contributed by atoms with E-state index >= 15 is 0 Å². The standard InChI is InChI=1S/C17H18Cl2N2O/c1-3-20(4-2)14-7-5-13(6-8-14)12-21(22)15-9-10-16(18)17(19)11-15/h5-12H,3-4H2,1-2H3/b21-12+. The Bertz CT molecular complexity index is 665.